The summed E-state index contributed by atoms with van der Waals surface area (Å²) in [6, 6.07) is 7.76. The molecule has 6 heteroatoms. The Labute approximate surface area is 128 Å². The van der Waals surface area contributed by atoms with Crippen LogP contribution in [0, 0.1) is 0 Å². The Bertz CT molecular complexity index is 634. The number of halogens is 1. The molecule has 110 valence electrons. The number of rotatable bonds is 4. The molecule has 0 saturated carbocycles. The van der Waals surface area contributed by atoms with Crippen LogP contribution in [0.3, 0.4) is 0 Å². The first kappa shape index (κ1) is 14.1. The number of carbonyl (C=O) groups excluding carboxylic acids is 1. The van der Waals surface area contributed by atoms with Crippen molar-refractivity contribution in [2.45, 2.75) is 18.9 Å². The summed E-state index contributed by atoms with van der Waals surface area (Å²) < 4.78 is 0. The maximum absolute atomic E-state index is 12.3. The van der Waals surface area contributed by atoms with E-state index in [1.807, 2.05) is 18.2 Å². The zero-order valence-corrected chi connectivity index (χ0v) is 12.3. The lowest BCUT2D eigenvalue weighted by molar-refractivity contribution is 0.0951. The Kier molecular flexibility index (Phi) is 4.22. The summed E-state index contributed by atoms with van der Waals surface area (Å²) in [5.74, 6) is -0.132. The van der Waals surface area contributed by atoms with E-state index in [0.29, 0.717) is 28.9 Å². The fraction of sp³-hybridized carbons (Fsp3) is 0.333. The lowest BCUT2D eigenvalue weighted by Crippen LogP contribution is -2.37. The molecule has 21 heavy (non-hydrogen) atoms. The van der Waals surface area contributed by atoms with Gasteiger partial charge in [-0.05, 0) is 25.5 Å². The van der Waals surface area contributed by atoms with Crippen LogP contribution in [0.25, 0.3) is 11.3 Å². The second-order valence-corrected chi connectivity index (χ2v) is 5.55. The maximum atomic E-state index is 12.3. The van der Waals surface area contributed by atoms with E-state index in [1.54, 1.807) is 6.07 Å². The first-order valence-electron chi connectivity index (χ1n) is 7.05. The largest absolute Gasteiger partial charge is 0.350 e. The van der Waals surface area contributed by atoms with Gasteiger partial charge in [0.15, 0.2) is 0 Å². The second-order valence-electron chi connectivity index (χ2n) is 5.14. The van der Waals surface area contributed by atoms with Crippen LogP contribution >= 0.6 is 11.6 Å². The predicted molar refractivity (Wildman–Crippen MR) is 82.4 cm³/mol. The number of aromatic amines is 1. The molecule has 5 nitrogen and oxygen atoms in total. The van der Waals surface area contributed by atoms with Crippen LogP contribution in [0.4, 0.5) is 0 Å². The van der Waals surface area contributed by atoms with Crippen molar-refractivity contribution in [2.75, 3.05) is 13.1 Å². The van der Waals surface area contributed by atoms with E-state index in [9.17, 15) is 4.79 Å². The number of H-pyrrole nitrogens is 1. The maximum Gasteiger partial charge on any atom is 0.255 e. The fourth-order valence-electron chi connectivity index (χ4n) is 2.57. The molecule has 3 rings (SSSR count). The summed E-state index contributed by atoms with van der Waals surface area (Å²) >= 11 is 6.18. The molecule has 0 spiro atoms. The zero-order chi connectivity index (χ0) is 14.7. The molecule has 1 saturated heterocycles. The standard InChI is InChI=1S/C15H17ClN4O/c16-13-6-2-1-5-11(13)14-12(9-19-20-14)15(21)18-8-10-4-3-7-17-10/h1-2,5-6,9-10,17H,3-4,7-8H2,(H,18,21)(H,19,20). The Balaban J connectivity index is 1.75. The van der Waals surface area contributed by atoms with Crippen molar-refractivity contribution in [3.05, 3.63) is 41.0 Å². The SMILES string of the molecule is O=C(NCC1CCCN1)c1cn[nH]c1-c1ccccc1Cl. The molecule has 1 unspecified atom stereocenters. The Morgan fingerprint density at radius 3 is 3.05 bits per heavy atom. The summed E-state index contributed by atoms with van der Waals surface area (Å²) in [6.07, 6.45) is 3.80. The van der Waals surface area contributed by atoms with E-state index in [-0.39, 0.29) is 5.91 Å². The molecule has 1 aromatic heterocycles. The van der Waals surface area contributed by atoms with Gasteiger partial charge in [0, 0.05) is 23.2 Å². The molecule has 1 atom stereocenters. The van der Waals surface area contributed by atoms with E-state index in [0.717, 1.165) is 24.9 Å². The topological polar surface area (TPSA) is 69.8 Å². The molecule has 3 N–H and O–H groups in total. The van der Waals surface area contributed by atoms with Crippen LogP contribution < -0.4 is 10.6 Å². The average Bonchev–Trinajstić information content (AvgIpc) is 3.16. The number of nitrogens with zero attached hydrogens (tertiary/aromatic N) is 1. The van der Waals surface area contributed by atoms with Gasteiger partial charge in [0.2, 0.25) is 0 Å². The monoisotopic (exact) mass is 304 g/mol. The first-order valence-corrected chi connectivity index (χ1v) is 7.43. The summed E-state index contributed by atoms with van der Waals surface area (Å²) in [4.78, 5) is 12.3. The predicted octanol–water partition coefficient (Wildman–Crippen LogP) is 2.21. The van der Waals surface area contributed by atoms with Crippen molar-refractivity contribution >= 4 is 17.5 Å². The minimum Gasteiger partial charge on any atom is -0.350 e. The quantitative estimate of drug-likeness (QED) is 0.811. The van der Waals surface area contributed by atoms with E-state index >= 15 is 0 Å². The number of amides is 1. The summed E-state index contributed by atoms with van der Waals surface area (Å²) in [5, 5.41) is 13.7. The van der Waals surface area contributed by atoms with Gasteiger partial charge in [-0.3, -0.25) is 9.89 Å². The van der Waals surface area contributed by atoms with Gasteiger partial charge in [-0.2, -0.15) is 5.10 Å². The van der Waals surface area contributed by atoms with E-state index in [4.69, 9.17) is 11.6 Å². The third-order valence-corrected chi connectivity index (χ3v) is 4.03. The van der Waals surface area contributed by atoms with Gasteiger partial charge >= 0.3 is 0 Å². The normalized spacial score (nSPS) is 17.9. The van der Waals surface area contributed by atoms with Crippen molar-refractivity contribution in [3.8, 4) is 11.3 Å². The Morgan fingerprint density at radius 1 is 1.43 bits per heavy atom. The van der Waals surface area contributed by atoms with Gasteiger partial charge in [-0.15, -0.1) is 0 Å². The molecule has 1 fully saturated rings. The summed E-state index contributed by atoms with van der Waals surface area (Å²) in [6.45, 7) is 1.66. The molecule has 2 heterocycles. The van der Waals surface area contributed by atoms with Gasteiger partial charge in [-0.25, -0.2) is 0 Å². The second kappa shape index (κ2) is 6.28. The van der Waals surface area contributed by atoms with Crippen molar-refractivity contribution in [1.82, 2.24) is 20.8 Å². The van der Waals surface area contributed by atoms with Crippen LogP contribution in [0.15, 0.2) is 30.5 Å². The molecular formula is C15H17ClN4O. The zero-order valence-electron chi connectivity index (χ0n) is 11.5. The number of hydrogen-bond acceptors (Lipinski definition) is 3. The highest BCUT2D eigenvalue weighted by atomic mass is 35.5. The van der Waals surface area contributed by atoms with Crippen molar-refractivity contribution in [2.24, 2.45) is 0 Å². The molecule has 1 aliphatic heterocycles. The van der Waals surface area contributed by atoms with Crippen molar-refractivity contribution in [3.63, 3.8) is 0 Å². The van der Waals surface area contributed by atoms with E-state index in [1.165, 1.54) is 6.20 Å². The van der Waals surface area contributed by atoms with Crippen LogP contribution in [0.5, 0.6) is 0 Å². The number of benzene rings is 1. The molecule has 1 aliphatic rings. The third-order valence-electron chi connectivity index (χ3n) is 3.70. The fourth-order valence-corrected chi connectivity index (χ4v) is 2.80. The first-order chi connectivity index (χ1) is 10.3. The molecule has 2 aromatic rings. The molecule has 1 amide bonds. The highest BCUT2D eigenvalue weighted by Gasteiger charge is 2.19. The lowest BCUT2D eigenvalue weighted by atomic mass is 10.1. The third kappa shape index (κ3) is 3.09. The van der Waals surface area contributed by atoms with Crippen LogP contribution in [0.1, 0.15) is 23.2 Å². The van der Waals surface area contributed by atoms with E-state index < -0.39 is 0 Å². The Morgan fingerprint density at radius 2 is 2.29 bits per heavy atom. The minimum absolute atomic E-state index is 0.132. The van der Waals surface area contributed by atoms with Gasteiger partial charge in [0.05, 0.1) is 17.5 Å². The van der Waals surface area contributed by atoms with Crippen molar-refractivity contribution in [1.29, 1.82) is 0 Å². The summed E-state index contributed by atoms with van der Waals surface area (Å²) in [7, 11) is 0. The van der Waals surface area contributed by atoms with Gasteiger partial charge in [-0.1, -0.05) is 29.8 Å². The highest BCUT2D eigenvalue weighted by molar-refractivity contribution is 6.33. The molecular weight excluding hydrogens is 288 g/mol. The van der Waals surface area contributed by atoms with Crippen LogP contribution in [0.2, 0.25) is 5.02 Å². The van der Waals surface area contributed by atoms with Crippen LogP contribution in [-0.2, 0) is 0 Å². The number of nitrogens with one attached hydrogen (secondary N) is 3. The number of aromatic nitrogens is 2. The van der Waals surface area contributed by atoms with Crippen LogP contribution in [-0.4, -0.2) is 35.2 Å². The smallest absolute Gasteiger partial charge is 0.255 e. The lowest BCUT2D eigenvalue weighted by Gasteiger charge is -2.11. The molecule has 0 radical (unpaired) electrons. The number of hydrogen-bond donors (Lipinski definition) is 3. The number of carbonyl (C=O) groups is 1. The molecule has 0 bridgehead atoms. The van der Waals surface area contributed by atoms with E-state index in [2.05, 4.69) is 20.8 Å². The minimum atomic E-state index is -0.132. The van der Waals surface area contributed by atoms with Gasteiger partial charge < -0.3 is 10.6 Å². The summed E-state index contributed by atoms with van der Waals surface area (Å²) in [5.41, 5.74) is 1.94. The van der Waals surface area contributed by atoms with Gasteiger partial charge in [0.25, 0.3) is 5.91 Å². The molecule has 1 aromatic carbocycles. The highest BCUT2D eigenvalue weighted by Crippen LogP contribution is 2.28. The molecule has 0 aliphatic carbocycles. The van der Waals surface area contributed by atoms with Crippen molar-refractivity contribution < 1.29 is 4.79 Å². The van der Waals surface area contributed by atoms with Gasteiger partial charge in [0.1, 0.15) is 0 Å². The Hall–Kier alpha value is -1.85. The average molecular weight is 305 g/mol.